The molecule has 0 aliphatic heterocycles. The first-order chi connectivity index (χ1) is 10.6. The molecule has 0 saturated heterocycles. The van der Waals surface area contributed by atoms with E-state index < -0.39 is 0 Å². The number of nitrogens with zero attached hydrogens (tertiary/aromatic N) is 1. The highest BCUT2D eigenvalue weighted by molar-refractivity contribution is 7.80. The Morgan fingerprint density at radius 2 is 1.95 bits per heavy atom. The summed E-state index contributed by atoms with van der Waals surface area (Å²) in [5.74, 6) is 1.35. The lowest BCUT2D eigenvalue weighted by Crippen LogP contribution is -2.32. The normalized spacial score (nSPS) is 11.5. The molecule has 2 N–H and O–H groups in total. The van der Waals surface area contributed by atoms with Crippen LogP contribution in [0.1, 0.15) is 31.6 Å². The van der Waals surface area contributed by atoms with Gasteiger partial charge in [0.2, 0.25) is 0 Å². The number of nitrogens with one attached hydrogen (secondary N) is 2. The van der Waals surface area contributed by atoms with Crippen LogP contribution in [-0.4, -0.2) is 10.8 Å². The van der Waals surface area contributed by atoms with Crippen LogP contribution in [0.2, 0.25) is 0 Å². The molecule has 1 heterocycles. The van der Waals surface area contributed by atoms with Crippen molar-refractivity contribution in [3.8, 4) is 0 Å². The van der Waals surface area contributed by atoms with Crippen molar-refractivity contribution in [1.82, 2.24) is 10.7 Å². The fourth-order valence-corrected chi connectivity index (χ4v) is 2.10. The Morgan fingerprint density at radius 1 is 1.18 bits per heavy atom. The molecular weight excluding hydrogens is 294 g/mol. The van der Waals surface area contributed by atoms with E-state index in [0.29, 0.717) is 17.6 Å². The maximum Gasteiger partial charge on any atom is 0.187 e. The second kappa shape index (κ2) is 8.34. The van der Waals surface area contributed by atoms with Crippen LogP contribution in [-0.2, 0) is 6.54 Å². The van der Waals surface area contributed by atoms with Crippen LogP contribution < -0.4 is 10.7 Å². The first-order valence-electron chi connectivity index (χ1n) is 7.33. The predicted octanol–water partition coefficient (Wildman–Crippen LogP) is 3.69. The van der Waals surface area contributed by atoms with Crippen molar-refractivity contribution in [2.24, 2.45) is 11.0 Å². The fourth-order valence-electron chi connectivity index (χ4n) is 1.98. The van der Waals surface area contributed by atoms with Crippen LogP contribution in [0, 0.1) is 5.92 Å². The van der Waals surface area contributed by atoms with Gasteiger partial charge < -0.3 is 9.73 Å². The minimum Gasteiger partial charge on any atom is -0.467 e. The molecule has 0 fully saturated rings. The highest BCUT2D eigenvalue weighted by atomic mass is 32.1. The molecule has 1 aromatic heterocycles. The summed E-state index contributed by atoms with van der Waals surface area (Å²) < 4.78 is 5.25. The Bertz CT molecular complexity index is 606. The fraction of sp³-hybridized carbons (Fsp3) is 0.294. The van der Waals surface area contributed by atoms with Crippen LogP contribution in [0.4, 0.5) is 0 Å². The molecule has 0 bridgehead atoms. The molecular formula is C17H21N3OS. The Balaban J connectivity index is 1.95. The maximum absolute atomic E-state index is 5.25. The molecule has 0 radical (unpaired) electrons. The van der Waals surface area contributed by atoms with E-state index in [4.69, 9.17) is 16.6 Å². The Labute approximate surface area is 136 Å². The van der Waals surface area contributed by atoms with E-state index in [1.165, 1.54) is 0 Å². The summed E-state index contributed by atoms with van der Waals surface area (Å²) >= 11 is 5.24. The summed E-state index contributed by atoms with van der Waals surface area (Å²) in [6.07, 6.45) is 2.53. The number of hydrogen-bond donors (Lipinski definition) is 2. The lowest BCUT2D eigenvalue weighted by molar-refractivity contribution is 0.502. The van der Waals surface area contributed by atoms with Crippen molar-refractivity contribution in [2.45, 2.75) is 26.8 Å². The number of rotatable bonds is 6. The van der Waals surface area contributed by atoms with Crippen molar-refractivity contribution in [1.29, 1.82) is 0 Å². The summed E-state index contributed by atoms with van der Waals surface area (Å²) in [4.78, 5) is 0. The average Bonchev–Trinajstić information content (AvgIpc) is 3.03. The van der Waals surface area contributed by atoms with E-state index in [1.54, 1.807) is 6.26 Å². The van der Waals surface area contributed by atoms with Gasteiger partial charge in [-0.15, -0.1) is 0 Å². The number of furan rings is 1. The standard InChI is InChI=1S/C17H21N3OS/c1-13(2)11-16(14-7-4-3-5-8-14)19-20-17(22)18-12-15-9-6-10-21-15/h3-10,13H,11-12H2,1-2H3,(H2,18,20,22)/b19-16-. The van der Waals surface area contributed by atoms with Gasteiger partial charge in [0, 0.05) is 0 Å². The zero-order valence-corrected chi connectivity index (χ0v) is 13.7. The van der Waals surface area contributed by atoms with E-state index >= 15 is 0 Å². The van der Waals surface area contributed by atoms with E-state index in [2.05, 4.69) is 41.8 Å². The van der Waals surface area contributed by atoms with E-state index in [-0.39, 0.29) is 0 Å². The van der Waals surface area contributed by atoms with Crippen LogP contribution in [0.15, 0.2) is 58.2 Å². The topological polar surface area (TPSA) is 49.6 Å². The molecule has 2 aromatic rings. The Kier molecular flexibility index (Phi) is 6.15. The molecule has 0 aliphatic rings. The second-order valence-corrected chi connectivity index (χ2v) is 5.80. The number of hydrogen-bond acceptors (Lipinski definition) is 3. The summed E-state index contributed by atoms with van der Waals surface area (Å²) in [6, 6.07) is 13.9. The maximum atomic E-state index is 5.25. The van der Waals surface area contributed by atoms with Gasteiger partial charge in [-0.1, -0.05) is 44.2 Å². The summed E-state index contributed by atoms with van der Waals surface area (Å²) in [5.41, 5.74) is 5.02. The van der Waals surface area contributed by atoms with Gasteiger partial charge in [0.05, 0.1) is 18.5 Å². The molecule has 1 aromatic carbocycles. The Morgan fingerprint density at radius 3 is 2.59 bits per heavy atom. The van der Waals surface area contributed by atoms with E-state index in [1.807, 2.05) is 30.3 Å². The average molecular weight is 315 g/mol. The van der Waals surface area contributed by atoms with Gasteiger partial charge in [-0.3, -0.25) is 5.43 Å². The molecule has 4 nitrogen and oxygen atoms in total. The van der Waals surface area contributed by atoms with Crippen molar-refractivity contribution in [3.05, 3.63) is 60.1 Å². The van der Waals surface area contributed by atoms with Gasteiger partial charge >= 0.3 is 0 Å². The molecule has 22 heavy (non-hydrogen) atoms. The van der Waals surface area contributed by atoms with Crippen molar-refractivity contribution >= 4 is 23.0 Å². The first-order valence-corrected chi connectivity index (χ1v) is 7.74. The molecule has 116 valence electrons. The molecule has 0 spiro atoms. The summed E-state index contributed by atoms with van der Waals surface area (Å²) in [5, 5.41) is 8.01. The monoisotopic (exact) mass is 315 g/mol. The van der Waals surface area contributed by atoms with Crippen LogP contribution in [0.25, 0.3) is 0 Å². The van der Waals surface area contributed by atoms with Crippen LogP contribution >= 0.6 is 12.2 Å². The molecule has 0 amide bonds. The second-order valence-electron chi connectivity index (χ2n) is 5.40. The zero-order chi connectivity index (χ0) is 15.8. The minimum atomic E-state index is 0.480. The van der Waals surface area contributed by atoms with Gasteiger partial charge in [0.1, 0.15) is 5.76 Å². The molecule has 0 aliphatic carbocycles. The van der Waals surface area contributed by atoms with Crippen LogP contribution in [0.5, 0.6) is 0 Å². The molecule has 0 saturated carbocycles. The molecule has 2 rings (SSSR count). The zero-order valence-electron chi connectivity index (χ0n) is 12.9. The quantitative estimate of drug-likeness (QED) is 0.485. The largest absolute Gasteiger partial charge is 0.467 e. The number of thiocarbonyl (C=S) groups is 1. The predicted molar refractivity (Wildman–Crippen MR) is 93.7 cm³/mol. The van der Waals surface area contributed by atoms with Gasteiger partial charge in [-0.25, -0.2) is 0 Å². The lowest BCUT2D eigenvalue weighted by Gasteiger charge is -2.11. The number of hydrazone groups is 1. The highest BCUT2D eigenvalue weighted by Gasteiger charge is 2.07. The summed E-state index contributed by atoms with van der Waals surface area (Å²) in [7, 11) is 0. The third-order valence-corrected chi connectivity index (χ3v) is 3.24. The smallest absolute Gasteiger partial charge is 0.187 e. The van der Waals surface area contributed by atoms with Gasteiger partial charge in [-0.2, -0.15) is 5.10 Å². The Hall–Kier alpha value is -2.14. The third kappa shape index (κ3) is 5.33. The van der Waals surface area contributed by atoms with Gasteiger partial charge in [0.15, 0.2) is 5.11 Å². The molecule has 5 heteroatoms. The molecule has 0 atom stereocenters. The number of benzene rings is 1. The summed E-state index contributed by atoms with van der Waals surface area (Å²) in [6.45, 7) is 4.89. The lowest BCUT2D eigenvalue weighted by atomic mass is 10.0. The molecule has 0 unspecified atom stereocenters. The van der Waals surface area contributed by atoms with Gasteiger partial charge in [-0.05, 0) is 42.3 Å². The first kappa shape index (κ1) is 16.2. The van der Waals surface area contributed by atoms with Crippen molar-refractivity contribution in [3.63, 3.8) is 0 Å². The van der Waals surface area contributed by atoms with Crippen molar-refractivity contribution in [2.75, 3.05) is 0 Å². The van der Waals surface area contributed by atoms with Crippen LogP contribution in [0.3, 0.4) is 0 Å². The van der Waals surface area contributed by atoms with Gasteiger partial charge in [0.25, 0.3) is 0 Å². The van der Waals surface area contributed by atoms with E-state index in [9.17, 15) is 0 Å². The SMILES string of the molecule is CC(C)C/C(=N/NC(=S)NCc1ccco1)c1ccccc1. The van der Waals surface area contributed by atoms with Crippen molar-refractivity contribution < 1.29 is 4.42 Å². The highest BCUT2D eigenvalue weighted by Crippen LogP contribution is 2.10. The van der Waals surface area contributed by atoms with E-state index in [0.717, 1.165) is 23.5 Å². The minimum absolute atomic E-state index is 0.480. The third-order valence-electron chi connectivity index (χ3n) is 3.00.